The Morgan fingerprint density at radius 3 is 2.42 bits per heavy atom. The molecule has 0 heterocycles. The molecule has 0 amide bonds. The zero-order valence-electron chi connectivity index (χ0n) is 7.49. The maximum atomic E-state index is 10.6. The molecule has 0 rings (SSSR count). The minimum atomic E-state index is -0.775. The number of rotatable bonds is 5. The molecule has 0 radical (unpaired) electrons. The van der Waals surface area contributed by atoms with Gasteiger partial charge in [0.05, 0.1) is 0 Å². The second-order valence-corrected chi connectivity index (χ2v) is 2.53. The van der Waals surface area contributed by atoms with Crippen molar-refractivity contribution in [1.82, 2.24) is 4.90 Å². The Hall–Kier alpha value is -0.320. The lowest BCUT2D eigenvalue weighted by Crippen LogP contribution is -2.40. The highest BCUT2D eigenvalue weighted by Crippen LogP contribution is 1.99. The molecule has 0 saturated heterocycles. The van der Waals surface area contributed by atoms with Gasteiger partial charge >= 0.3 is 5.97 Å². The van der Waals surface area contributed by atoms with Crippen LogP contribution in [0.2, 0.25) is 0 Å². The van der Waals surface area contributed by atoms with Crippen molar-refractivity contribution >= 4 is 18.4 Å². The molecule has 0 aliphatic carbocycles. The molecular formula is C7H17ClN2O2. The molecule has 5 heteroatoms. The van der Waals surface area contributed by atoms with Gasteiger partial charge < -0.3 is 10.8 Å². The summed E-state index contributed by atoms with van der Waals surface area (Å²) >= 11 is 0. The van der Waals surface area contributed by atoms with Crippen molar-refractivity contribution in [2.45, 2.75) is 19.4 Å². The zero-order valence-corrected chi connectivity index (χ0v) is 8.30. The van der Waals surface area contributed by atoms with E-state index in [0.29, 0.717) is 19.5 Å². The Morgan fingerprint density at radius 1 is 1.67 bits per heavy atom. The Kier molecular flexibility index (Phi) is 8.69. The highest BCUT2D eigenvalue weighted by molar-refractivity contribution is 5.85. The third kappa shape index (κ3) is 4.54. The summed E-state index contributed by atoms with van der Waals surface area (Å²) in [6.45, 7) is 2.98. The number of halogens is 1. The standard InChI is InChI=1S/C7H16N2O2.ClH/c1-3-6(7(10)11)9(2)5-4-8;/h6H,3-5,8H2,1-2H3,(H,10,11);1H. The Balaban J connectivity index is 0. The fraction of sp³-hybridized carbons (Fsp3) is 0.857. The lowest BCUT2D eigenvalue weighted by Gasteiger charge is -2.22. The smallest absolute Gasteiger partial charge is 0.320 e. The van der Waals surface area contributed by atoms with Crippen molar-refractivity contribution in [1.29, 1.82) is 0 Å². The second-order valence-electron chi connectivity index (χ2n) is 2.53. The molecule has 1 unspecified atom stereocenters. The summed E-state index contributed by atoms with van der Waals surface area (Å²) in [5.74, 6) is -0.775. The zero-order chi connectivity index (χ0) is 8.85. The number of likely N-dealkylation sites (N-methyl/N-ethyl adjacent to an activating group) is 1. The lowest BCUT2D eigenvalue weighted by molar-refractivity contribution is -0.142. The van der Waals surface area contributed by atoms with Crippen LogP contribution in [0.5, 0.6) is 0 Å². The van der Waals surface area contributed by atoms with Crippen molar-refractivity contribution in [3.05, 3.63) is 0 Å². The Morgan fingerprint density at radius 2 is 2.17 bits per heavy atom. The number of nitrogens with two attached hydrogens (primary N) is 1. The average Bonchev–Trinajstić information content (AvgIpc) is 1.88. The van der Waals surface area contributed by atoms with E-state index in [1.165, 1.54) is 0 Å². The maximum absolute atomic E-state index is 10.6. The molecule has 0 bridgehead atoms. The first-order valence-corrected chi connectivity index (χ1v) is 3.76. The molecule has 0 aromatic carbocycles. The molecule has 3 N–H and O–H groups in total. The van der Waals surface area contributed by atoms with E-state index in [-0.39, 0.29) is 12.4 Å². The van der Waals surface area contributed by atoms with Gasteiger partial charge in [0.15, 0.2) is 0 Å². The van der Waals surface area contributed by atoms with Crippen LogP contribution >= 0.6 is 12.4 Å². The highest BCUT2D eigenvalue weighted by atomic mass is 35.5. The van der Waals surface area contributed by atoms with Crippen LogP contribution in [0.4, 0.5) is 0 Å². The normalized spacial score (nSPS) is 12.3. The molecule has 0 aliphatic heterocycles. The summed E-state index contributed by atoms with van der Waals surface area (Å²) in [6, 6.07) is -0.390. The summed E-state index contributed by atoms with van der Waals surface area (Å²) in [4.78, 5) is 12.3. The first kappa shape index (κ1) is 14.2. The van der Waals surface area contributed by atoms with Crippen molar-refractivity contribution in [2.24, 2.45) is 5.73 Å². The summed E-state index contributed by atoms with van der Waals surface area (Å²) in [5, 5.41) is 8.69. The first-order chi connectivity index (χ1) is 5.13. The van der Waals surface area contributed by atoms with E-state index in [9.17, 15) is 4.79 Å². The number of carboxylic acid groups (broad SMARTS) is 1. The second kappa shape index (κ2) is 7.34. The van der Waals surface area contributed by atoms with Gasteiger partial charge in [0, 0.05) is 13.1 Å². The van der Waals surface area contributed by atoms with Crippen molar-refractivity contribution in [3.63, 3.8) is 0 Å². The van der Waals surface area contributed by atoms with Crippen LogP contribution in [-0.2, 0) is 4.79 Å². The van der Waals surface area contributed by atoms with Crippen LogP contribution in [0.3, 0.4) is 0 Å². The molecule has 4 nitrogen and oxygen atoms in total. The fourth-order valence-electron chi connectivity index (χ4n) is 1.03. The van der Waals surface area contributed by atoms with E-state index in [1.54, 1.807) is 11.9 Å². The van der Waals surface area contributed by atoms with Gasteiger partial charge in [0.25, 0.3) is 0 Å². The van der Waals surface area contributed by atoms with Gasteiger partial charge in [-0.3, -0.25) is 9.69 Å². The Bertz CT molecular complexity index is 133. The molecule has 1 atom stereocenters. The van der Waals surface area contributed by atoms with Crippen LogP contribution in [-0.4, -0.2) is 42.2 Å². The minimum absolute atomic E-state index is 0. The number of aliphatic carboxylic acids is 1. The third-order valence-electron chi connectivity index (χ3n) is 1.69. The topological polar surface area (TPSA) is 66.6 Å². The molecular weight excluding hydrogens is 180 g/mol. The third-order valence-corrected chi connectivity index (χ3v) is 1.69. The predicted octanol–water partition coefficient (Wildman–Crippen LogP) is 0.162. The van der Waals surface area contributed by atoms with Gasteiger partial charge in [-0.15, -0.1) is 12.4 Å². The minimum Gasteiger partial charge on any atom is -0.480 e. The van der Waals surface area contributed by atoms with Gasteiger partial charge in [0.2, 0.25) is 0 Å². The van der Waals surface area contributed by atoms with Gasteiger partial charge in [0.1, 0.15) is 6.04 Å². The van der Waals surface area contributed by atoms with Crippen LogP contribution in [0.15, 0.2) is 0 Å². The molecule has 0 fully saturated rings. The molecule has 74 valence electrons. The van der Waals surface area contributed by atoms with E-state index in [1.807, 2.05) is 6.92 Å². The maximum Gasteiger partial charge on any atom is 0.320 e. The van der Waals surface area contributed by atoms with E-state index in [4.69, 9.17) is 10.8 Å². The average molecular weight is 197 g/mol. The number of hydrogen-bond acceptors (Lipinski definition) is 3. The van der Waals surface area contributed by atoms with Crippen LogP contribution in [0, 0.1) is 0 Å². The van der Waals surface area contributed by atoms with Gasteiger partial charge in [-0.1, -0.05) is 6.92 Å². The van der Waals surface area contributed by atoms with Crippen molar-refractivity contribution < 1.29 is 9.90 Å². The lowest BCUT2D eigenvalue weighted by atomic mass is 10.2. The molecule has 0 aromatic rings. The first-order valence-electron chi connectivity index (χ1n) is 3.76. The number of hydrogen-bond donors (Lipinski definition) is 2. The molecule has 12 heavy (non-hydrogen) atoms. The van der Waals surface area contributed by atoms with Gasteiger partial charge in [-0.05, 0) is 13.5 Å². The monoisotopic (exact) mass is 196 g/mol. The fourth-order valence-corrected chi connectivity index (χ4v) is 1.03. The van der Waals surface area contributed by atoms with Crippen LogP contribution < -0.4 is 5.73 Å². The van der Waals surface area contributed by atoms with Crippen LogP contribution in [0.25, 0.3) is 0 Å². The molecule has 0 aliphatic rings. The van der Waals surface area contributed by atoms with Crippen molar-refractivity contribution in [2.75, 3.05) is 20.1 Å². The largest absolute Gasteiger partial charge is 0.480 e. The van der Waals surface area contributed by atoms with Gasteiger partial charge in [-0.2, -0.15) is 0 Å². The van der Waals surface area contributed by atoms with E-state index in [0.717, 1.165) is 0 Å². The van der Waals surface area contributed by atoms with Crippen LogP contribution in [0.1, 0.15) is 13.3 Å². The number of nitrogens with zero attached hydrogens (tertiary/aromatic N) is 1. The summed E-state index contributed by atoms with van der Waals surface area (Å²) in [5.41, 5.74) is 5.29. The predicted molar refractivity (Wildman–Crippen MR) is 50.6 cm³/mol. The Labute approximate surface area is 79.1 Å². The summed E-state index contributed by atoms with van der Waals surface area (Å²) in [7, 11) is 1.77. The van der Waals surface area contributed by atoms with Crippen molar-refractivity contribution in [3.8, 4) is 0 Å². The van der Waals surface area contributed by atoms with Gasteiger partial charge in [-0.25, -0.2) is 0 Å². The summed E-state index contributed by atoms with van der Waals surface area (Å²) < 4.78 is 0. The van der Waals surface area contributed by atoms with E-state index < -0.39 is 12.0 Å². The SMILES string of the molecule is CCC(C(=O)O)N(C)CCN.Cl. The van der Waals surface area contributed by atoms with E-state index >= 15 is 0 Å². The number of carboxylic acids is 1. The molecule has 0 saturated carbocycles. The molecule has 0 spiro atoms. The highest BCUT2D eigenvalue weighted by Gasteiger charge is 2.18. The number of carbonyl (C=O) groups is 1. The molecule has 0 aromatic heterocycles. The quantitative estimate of drug-likeness (QED) is 0.658. The van der Waals surface area contributed by atoms with E-state index in [2.05, 4.69) is 0 Å². The summed E-state index contributed by atoms with van der Waals surface area (Å²) in [6.07, 6.45) is 0.617.